The minimum absolute atomic E-state index is 0.227. The van der Waals surface area contributed by atoms with Crippen molar-refractivity contribution < 1.29 is 12.9 Å². The summed E-state index contributed by atoms with van der Waals surface area (Å²) in [5.41, 5.74) is 1.47. The molecule has 3 rings (SSSR count). The second kappa shape index (κ2) is 7.38. The van der Waals surface area contributed by atoms with Crippen LogP contribution < -0.4 is 10.0 Å². The van der Waals surface area contributed by atoms with Crippen molar-refractivity contribution in [3.8, 4) is 10.6 Å². The Bertz CT molecular complexity index is 932. The van der Waals surface area contributed by atoms with Crippen LogP contribution in [0.5, 0.6) is 0 Å². The van der Waals surface area contributed by atoms with Crippen molar-refractivity contribution in [3.05, 3.63) is 54.2 Å². The molecule has 2 N–H and O–H groups in total. The molecule has 2 heterocycles. The van der Waals surface area contributed by atoms with Gasteiger partial charge >= 0.3 is 0 Å². The third kappa shape index (κ3) is 4.28. The molecule has 8 heteroatoms. The van der Waals surface area contributed by atoms with Gasteiger partial charge in [-0.05, 0) is 23.8 Å². The predicted molar refractivity (Wildman–Crippen MR) is 99.0 cm³/mol. The summed E-state index contributed by atoms with van der Waals surface area (Å²) in [7, 11) is -3.67. The van der Waals surface area contributed by atoms with E-state index in [4.69, 9.17) is 4.52 Å². The van der Waals surface area contributed by atoms with Gasteiger partial charge in [0.2, 0.25) is 0 Å². The number of anilines is 1. The maximum Gasteiger partial charge on any atom is 0.271 e. The standard InChI is InChI=1S/C17H19N3O3S2/c1-12(2)18-11-13-5-3-4-6-14(13)20-25(21,22)17-8-7-16(24-17)15-9-10-19-23-15/h3-10,12,18,20H,11H2,1-2H3. The van der Waals surface area contributed by atoms with Crippen LogP contribution in [0.25, 0.3) is 10.6 Å². The molecule has 0 saturated heterocycles. The molecule has 0 bridgehead atoms. The van der Waals surface area contributed by atoms with Crippen LogP contribution >= 0.6 is 11.3 Å². The number of sulfonamides is 1. The van der Waals surface area contributed by atoms with Gasteiger partial charge in [-0.25, -0.2) is 8.42 Å². The zero-order valence-electron chi connectivity index (χ0n) is 13.9. The van der Waals surface area contributed by atoms with E-state index in [-0.39, 0.29) is 4.21 Å². The van der Waals surface area contributed by atoms with E-state index in [0.29, 0.717) is 28.9 Å². The van der Waals surface area contributed by atoms with Crippen molar-refractivity contribution >= 4 is 27.0 Å². The molecule has 0 aliphatic rings. The third-order valence-corrected chi connectivity index (χ3v) is 6.45. The number of rotatable bonds is 7. The lowest BCUT2D eigenvalue weighted by atomic mass is 10.2. The van der Waals surface area contributed by atoms with Crippen LogP contribution in [0.1, 0.15) is 19.4 Å². The monoisotopic (exact) mass is 377 g/mol. The summed E-state index contributed by atoms with van der Waals surface area (Å²) in [4.78, 5) is 0.715. The normalized spacial score (nSPS) is 11.8. The molecular formula is C17H19N3O3S2. The molecule has 0 fully saturated rings. The van der Waals surface area contributed by atoms with Crippen molar-refractivity contribution in [2.45, 2.75) is 30.6 Å². The van der Waals surface area contributed by atoms with E-state index in [1.807, 2.05) is 32.0 Å². The molecule has 0 atom stereocenters. The maximum atomic E-state index is 12.7. The van der Waals surface area contributed by atoms with E-state index in [2.05, 4.69) is 15.2 Å². The molecule has 1 aromatic carbocycles. The van der Waals surface area contributed by atoms with E-state index in [1.165, 1.54) is 6.20 Å². The number of thiophene rings is 1. The third-order valence-electron chi connectivity index (χ3n) is 3.49. The Labute approximate surface area is 150 Å². The Kier molecular flexibility index (Phi) is 5.22. The minimum atomic E-state index is -3.67. The Morgan fingerprint density at radius 1 is 1.16 bits per heavy atom. The summed E-state index contributed by atoms with van der Waals surface area (Å²) in [5.74, 6) is 0.549. The van der Waals surface area contributed by atoms with Crippen molar-refractivity contribution in [1.82, 2.24) is 10.5 Å². The molecule has 0 aliphatic heterocycles. The summed E-state index contributed by atoms with van der Waals surface area (Å²) < 4.78 is 33.4. The lowest BCUT2D eigenvalue weighted by molar-refractivity contribution is 0.433. The summed E-state index contributed by atoms with van der Waals surface area (Å²) in [6.07, 6.45) is 1.53. The molecule has 0 radical (unpaired) electrons. The molecule has 0 aliphatic carbocycles. The largest absolute Gasteiger partial charge is 0.355 e. The van der Waals surface area contributed by atoms with Crippen molar-refractivity contribution in [1.29, 1.82) is 0 Å². The quantitative estimate of drug-likeness (QED) is 0.656. The number of hydrogen-bond acceptors (Lipinski definition) is 6. The first-order chi connectivity index (χ1) is 12.0. The number of nitrogens with zero attached hydrogens (tertiary/aromatic N) is 1. The Morgan fingerprint density at radius 3 is 2.68 bits per heavy atom. The molecule has 0 amide bonds. The fourth-order valence-electron chi connectivity index (χ4n) is 2.22. The highest BCUT2D eigenvalue weighted by atomic mass is 32.2. The van der Waals surface area contributed by atoms with Gasteiger partial charge in [0.25, 0.3) is 10.0 Å². The highest BCUT2D eigenvalue weighted by Gasteiger charge is 2.19. The number of para-hydroxylation sites is 1. The lowest BCUT2D eigenvalue weighted by Gasteiger charge is -2.14. The lowest BCUT2D eigenvalue weighted by Crippen LogP contribution is -2.23. The second-order valence-corrected chi connectivity index (χ2v) is 8.79. The molecule has 6 nitrogen and oxygen atoms in total. The van der Waals surface area contributed by atoms with Crippen LogP contribution in [0, 0.1) is 0 Å². The number of benzene rings is 1. The van der Waals surface area contributed by atoms with Crippen LogP contribution in [0.15, 0.2) is 57.4 Å². The maximum absolute atomic E-state index is 12.7. The van der Waals surface area contributed by atoms with Crippen LogP contribution in [-0.4, -0.2) is 19.6 Å². The first-order valence-electron chi connectivity index (χ1n) is 7.81. The van der Waals surface area contributed by atoms with Crippen LogP contribution in [-0.2, 0) is 16.6 Å². The van der Waals surface area contributed by atoms with Gasteiger partial charge < -0.3 is 9.84 Å². The summed E-state index contributed by atoms with van der Waals surface area (Å²) >= 11 is 1.14. The molecule has 0 unspecified atom stereocenters. The average Bonchev–Trinajstić information content (AvgIpc) is 3.25. The van der Waals surface area contributed by atoms with E-state index in [1.54, 1.807) is 24.3 Å². The topological polar surface area (TPSA) is 84.2 Å². The summed E-state index contributed by atoms with van der Waals surface area (Å²) in [6.45, 7) is 4.68. The van der Waals surface area contributed by atoms with Gasteiger partial charge in [-0.2, -0.15) is 0 Å². The van der Waals surface area contributed by atoms with Crippen LogP contribution in [0.3, 0.4) is 0 Å². The second-order valence-electron chi connectivity index (χ2n) is 5.79. The first kappa shape index (κ1) is 17.7. The van der Waals surface area contributed by atoms with Crippen molar-refractivity contribution in [3.63, 3.8) is 0 Å². The minimum Gasteiger partial charge on any atom is -0.355 e. The van der Waals surface area contributed by atoms with Crippen LogP contribution in [0.4, 0.5) is 5.69 Å². The zero-order valence-corrected chi connectivity index (χ0v) is 15.5. The van der Waals surface area contributed by atoms with E-state index in [9.17, 15) is 8.42 Å². The molecule has 25 heavy (non-hydrogen) atoms. The van der Waals surface area contributed by atoms with Crippen molar-refractivity contribution in [2.75, 3.05) is 4.72 Å². The fourth-order valence-corrected chi connectivity index (χ4v) is 4.59. The van der Waals surface area contributed by atoms with E-state index >= 15 is 0 Å². The first-order valence-corrected chi connectivity index (χ1v) is 10.1. The molecule has 0 saturated carbocycles. The van der Waals surface area contributed by atoms with Gasteiger partial charge in [-0.3, -0.25) is 4.72 Å². The summed E-state index contributed by atoms with van der Waals surface area (Å²) in [5, 5.41) is 6.94. The Hall–Kier alpha value is -2.16. The fraction of sp³-hybridized carbons (Fsp3) is 0.235. The average molecular weight is 377 g/mol. The number of hydrogen-bond donors (Lipinski definition) is 2. The molecule has 2 aromatic heterocycles. The Morgan fingerprint density at radius 2 is 1.96 bits per heavy atom. The van der Waals surface area contributed by atoms with Gasteiger partial charge in [-0.15, -0.1) is 11.3 Å². The SMILES string of the molecule is CC(C)NCc1ccccc1NS(=O)(=O)c1ccc(-c2ccno2)s1. The van der Waals surface area contributed by atoms with E-state index in [0.717, 1.165) is 16.9 Å². The van der Waals surface area contributed by atoms with Gasteiger partial charge in [0.1, 0.15) is 4.21 Å². The van der Waals surface area contributed by atoms with Crippen molar-refractivity contribution in [2.24, 2.45) is 0 Å². The molecule has 3 aromatic rings. The number of aromatic nitrogens is 1. The predicted octanol–water partition coefficient (Wildman–Crippen LogP) is 3.70. The highest BCUT2D eigenvalue weighted by Crippen LogP contribution is 2.31. The van der Waals surface area contributed by atoms with Gasteiger partial charge in [0, 0.05) is 18.7 Å². The Balaban J connectivity index is 1.83. The molecule has 132 valence electrons. The van der Waals surface area contributed by atoms with Gasteiger partial charge in [0.05, 0.1) is 16.8 Å². The number of nitrogens with one attached hydrogen (secondary N) is 2. The highest BCUT2D eigenvalue weighted by molar-refractivity contribution is 7.94. The smallest absolute Gasteiger partial charge is 0.271 e. The summed E-state index contributed by atoms with van der Waals surface area (Å²) in [6, 6.07) is 12.7. The zero-order chi connectivity index (χ0) is 17.9. The van der Waals surface area contributed by atoms with Crippen LogP contribution in [0.2, 0.25) is 0 Å². The molecular weight excluding hydrogens is 358 g/mol. The van der Waals surface area contributed by atoms with Gasteiger partial charge in [-0.1, -0.05) is 37.2 Å². The van der Waals surface area contributed by atoms with E-state index < -0.39 is 10.0 Å². The van der Waals surface area contributed by atoms with Gasteiger partial charge in [0.15, 0.2) is 5.76 Å². The molecule has 0 spiro atoms.